The van der Waals surface area contributed by atoms with E-state index in [-0.39, 0.29) is 12.2 Å². The monoisotopic (exact) mass is 378 g/mol. The number of nitrogens with zero attached hydrogens (tertiary/aromatic N) is 1. The Bertz CT molecular complexity index is 1160. The smallest absolute Gasteiger partial charge is 0.266 e. The van der Waals surface area contributed by atoms with Gasteiger partial charge in [-0.3, -0.25) is 4.79 Å². The Morgan fingerprint density at radius 3 is 2.56 bits per heavy atom. The van der Waals surface area contributed by atoms with Crippen molar-refractivity contribution in [2.45, 2.75) is 13.0 Å². The van der Waals surface area contributed by atoms with E-state index < -0.39 is 0 Å². The van der Waals surface area contributed by atoms with Gasteiger partial charge >= 0.3 is 0 Å². The van der Waals surface area contributed by atoms with Crippen LogP contribution in [0.1, 0.15) is 11.1 Å². The number of rotatable bonds is 5. The number of benzene rings is 2. The van der Waals surface area contributed by atoms with Crippen LogP contribution in [0, 0.1) is 0 Å². The van der Waals surface area contributed by atoms with Gasteiger partial charge in [0.25, 0.3) is 5.56 Å². The predicted molar refractivity (Wildman–Crippen MR) is 114 cm³/mol. The van der Waals surface area contributed by atoms with Crippen molar-refractivity contribution in [1.29, 1.82) is 0 Å². The first kappa shape index (κ1) is 17.9. The van der Waals surface area contributed by atoms with Gasteiger partial charge < -0.3 is 15.0 Å². The van der Waals surface area contributed by atoms with Gasteiger partial charge in [-0.1, -0.05) is 30.3 Å². The lowest BCUT2D eigenvalue weighted by Gasteiger charge is -2.14. The maximum absolute atomic E-state index is 12.3. The van der Waals surface area contributed by atoms with Gasteiger partial charge in [-0.05, 0) is 60.3 Å². The van der Waals surface area contributed by atoms with Crippen LogP contribution >= 0.6 is 11.3 Å². The standard InChI is InChI=1S/C22H22N2O2S/c1-24(2)11-9-14-3-5-15(6-4-14)19-16(13-25)7-8-18-20(19)17-10-12-27-21(17)22(26)23-18/h3-8,10,12,25H,9,11,13H2,1-2H3,(H,23,26). The zero-order valence-electron chi connectivity index (χ0n) is 15.5. The van der Waals surface area contributed by atoms with Crippen LogP contribution in [0.15, 0.2) is 52.6 Å². The molecule has 4 nitrogen and oxygen atoms in total. The maximum Gasteiger partial charge on any atom is 0.266 e. The van der Waals surface area contributed by atoms with Crippen LogP contribution in [0.2, 0.25) is 0 Å². The van der Waals surface area contributed by atoms with Gasteiger partial charge in [0.1, 0.15) is 4.70 Å². The molecule has 0 amide bonds. The Labute approximate surface area is 161 Å². The summed E-state index contributed by atoms with van der Waals surface area (Å²) in [5.41, 5.74) is 4.94. The SMILES string of the molecule is CN(C)CCc1ccc(-c2c(CO)ccc3[nH]c(=O)c4sccc4c23)cc1. The predicted octanol–water partition coefficient (Wildman–Crippen LogP) is 4.01. The van der Waals surface area contributed by atoms with Crippen LogP contribution in [0.5, 0.6) is 0 Å². The highest BCUT2D eigenvalue weighted by atomic mass is 32.1. The van der Waals surface area contributed by atoms with E-state index >= 15 is 0 Å². The van der Waals surface area contributed by atoms with Crippen molar-refractivity contribution in [1.82, 2.24) is 9.88 Å². The molecule has 2 heterocycles. The molecular formula is C22H22N2O2S. The number of nitrogens with one attached hydrogen (secondary N) is 1. The zero-order chi connectivity index (χ0) is 19.0. The minimum Gasteiger partial charge on any atom is -0.392 e. The average molecular weight is 378 g/mol. The van der Waals surface area contributed by atoms with E-state index in [1.807, 2.05) is 23.6 Å². The highest BCUT2D eigenvalue weighted by Gasteiger charge is 2.15. The van der Waals surface area contributed by atoms with Gasteiger partial charge in [0.2, 0.25) is 0 Å². The Morgan fingerprint density at radius 1 is 1.07 bits per heavy atom. The zero-order valence-corrected chi connectivity index (χ0v) is 16.3. The molecule has 0 aliphatic heterocycles. The number of aliphatic hydroxyl groups excluding tert-OH is 1. The molecule has 0 aliphatic carbocycles. The van der Waals surface area contributed by atoms with Crippen LogP contribution in [-0.2, 0) is 13.0 Å². The Hall–Kier alpha value is -2.47. The topological polar surface area (TPSA) is 56.3 Å². The Balaban J connectivity index is 1.92. The molecule has 138 valence electrons. The van der Waals surface area contributed by atoms with Gasteiger partial charge in [0.15, 0.2) is 0 Å². The van der Waals surface area contributed by atoms with Crippen molar-refractivity contribution < 1.29 is 5.11 Å². The minimum atomic E-state index is -0.0609. The largest absolute Gasteiger partial charge is 0.392 e. The van der Waals surface area contributed by atoms with E-state index in [0.717, 1.165) is 50.6 Å². The van der Waals surface area contributed by atoms with E-state index in [2.05, 4.69) is 48.2 Å². The van der Waals surface area contributed by atoms with Crippen molar-refractivity contribution in [2.24, 2.45) is 0 Å². The molecule has 4 rings (SSSR count). The summed E-state index contributed by atoms with van der Waals surface area (Å²) >= 11 is 1.45. The number of hydrogen-bond acceptors (Lipinski definition) is 4. The third-order valence-corrected chi connectivity index (χ3v) is 5.85. The number of likely N-dealkylation sites (N-methyl/N-ethyl adjacent to an activating group) is 1. The molecule has 2 aromatic carbocycles. The fourth-order valence-electron chi connectivity index (χ4n) is 3.54. The van der Waals surface area contributed by atoms with Gasteiger partial charge in [0.05, 0.1) is 6.61 Å². The first-order chi connectivity index (χ1) is 13.1. The number of aromatic nitrogens is 1. The second-order valence-electron chi connectivity index (χ2n) is 7.05. The van der Waals surface area contributed by atoms with Crippen molar-refractivity contribution in [3.05, 3.63) is 69.3 Å². The average Bonchev–Trinajstić information content (AvgIpc) is 3.16. The molecule has 0 fully saturated rings. The van der Waals surface area contributed by atoms with Gasteiger partial charge in [-0.15, -0.1) is 11.3 Å². The molecule has 0 atom stereocenters. The molecule has 0 unspecified atom stereocenters. The fourth-order valence-corrected chi connectivity index (χ4v) is 4.34. The normalized spacial score (nSPS) is 11.7. The van der Waals surface area contributed by atoms with E-state index in [0.29, 0.717) is 0 Å². The van der Waals surface area contributed by atoms with Crippen molar-refractivity contribution in [3.8, 4) is 11.1 Å². The summed E-state index contributed by atoms with van der Waals surface area (Å²) in [6.07, 6.45) is 0.998. The summed E-state index contributed by atoms with van der Waals surface area (Å²) in [5, 5.41) is 13.8. The summed E-state index contributed by atoms with van der Waals surface area (Å²) in [4.78, 5) is 17.5. The quantitative estimate of drug-likeness (QED) is 0.552. The molecule has 27 heavy (non-hydrogen) atoms. The molecule has 0 bridgehead atoms. The van der Waals surface area contributed by atoms with E-state index in [9.17, 15) is 9.90 Å². The molecule has 2 aromatic heterocycles. The van der Waals surface area contributed by atoms with Gasteiger partial charge in [-0.25, -0.2) is 0 Å². The first-order valence-electron chi connectivity index (χ1n) is 8.98. The number of aromatic amines is 1. The summed E-state index contributed by atoms with van der Waals surface area (Å²) in [6.45, 7) is 0.963. The highest BCUT2D eigenvalue weighted by molar-refractivity contribution is 7.17. The number of aliphatic hydroxyl groups is 1. The van der Waals surface area contributed by atoms with Crippen LogP contribution in [0.25, 0.3) is 32.1 Å². The Kier molecular flexibility index (Phi) is 4.83. The Morgan fingerprint density at radius 2 is 1.85 bits per heavy atom. The first-order valence-corrected chi connectivity index (χ1v) is 9.86. The van der Waals surface area contributed by atoms with Crippen molar-refractivity contribution in [2.75, 3.05) is 20.6 Å². The van der Waals surface area contributed by atoms with Crippen molar-refractivity contribution in [3.63, 3.8) is 0 Å². The molecule has 0 saturated carbocycles. The fraction of sp³-hybridized carbons (Fsp3) is 0.227. The van der Waals surface area contributed by atoms with E-state index in [1.54, 1.807) is 0 Å². The number of fused-ring (bicyclic) bond motifs is 3. The van der Waals surface area contributed by atoms with E-state index in [1.165, 1.54) is 16.9 Å². The lowest BCUT2D eigenvalue weighted by molar-refractivity contribution is 0.282. The maximum atomic E-state index is 12.3. The summed E-state index contributed by atoms with van der Waals surface area (Å²) in [6, 6.07) is 14.3. The summed E-state index contributed by atoms with van der Waals surface area (Å²) < 4.78 is 0.724. The summed E-state index contributed by atoms with van der Waals surface area (Å²) in [5.74, 6) is 0. The third kappa shape index (κ3) is 3.30. The van der Waals surface area contributed by atoms with Crippen LogP contribution in [0.3, 0.4) is 0 Å². The number of thiophene rings is 1. The minimum absolute atomic E-state index is 0.0432. The number of hydrogen-bond donors (Lipinski definition) is 2. The molecule has 0 radical (unpaired) electrons. The number of H-pyrrole nitrogens is 1. The molecule has 2 N–H and O–H groups in total. The van der Waals surface area contributed by atoms with Gasteiger partial charge in [0, 0.05) is 22.8 Å². The van der Waals surface area contributed by atoms with Crippen LogP contribution in [-0.4, -0.2) is 35.6 Å². The molecule has 0 spiro atoms. The van der Waals surface area contributed by atoms with Crippen LogP contribution in [0.4, 0.5) is 0 Å². The molecule has 0 aliphatic rings. The van der Waals surface area contributed by atoms with Crippen molar-refractivity contribution >= 4 is 32.3 Å². The second kappa shape index (κ2) is 7.27. The van der Waals surface area contributed by atoms with E-state index in [4.69, 9.17) is 0 Å². The molecule has 4 aromatic rings. The van der Waals surface area contributed by atoms with Gasteiger partial charge in [-0.2, -0.15) is 0 Å². The lowest BCUT2D eigenvalue weighted by Crippen LogP contribution is -2.14. The number of pyridine rings is 1. The summed E-state index contributed by atoms with van der Waals surface area (Å²) in [7, 11) is 4.15. The molecular weight excluding hydrogens is 356 g/mol. The second-order valence-corrected chi connectivity index (χ2v) is 7.96. The highest BCUT2D eigenvalue weighted by Crippen LogP contribution is 2.36. The van der Waals surface area contributed by atoms with Crippen LogP contribution < -0.4 is 5.56 Å². The third-order valence-electron chi connectivity index (χ3n) is 4.94. The molecule has 0 saturated heterocycles. The molecule has 5 heteroatoms. The lowest BCUT2D eigenvalue weighted by atomic mass is 9.93.